The molecule has 1 aliphatic rings. The Hall–Kier alpha value is -3.48. The van der Waals surface area contributed by atoms with Gasteiger partial charge in [0.05, 0.1) is 11.6 Å². The Balaban J connectivity index is 1.42. The Morgan fingerprint density at radius 2 is 1.83 bits per heavy atom. The number of benzene rings is 1. The van der Waals surface area contributed by atoms with E-state index in [1.807, 2.05) is 38.1 Å². The summed E-state index contributed by atoms with van der Waals surface area (Å²) in [6.07, 6.45) is 4.94. The van der Waals surface area contributed by atoms with Gasteiger partial charge in [-0.3, -0.25) is 19.7 Å². The van der Waals surface area contributed by atoms with Crippen LogP contribution in [0.5, 0.6) is 0 Å². The van der Waals surface area contributed by atoms with Crippen molar-refractivity contribution >= 4 is 17.5 Å². The first-order valence-corrected chi connectivity index (χ1v) is 10.1. The van der Waals surface area contributed by atoms with Gasteiger partial charge in [-0.25, -0.2) is 0 Å². The van der Waals surface area contributed by atoms with Crippen LogP contribution in [0, 0.1) is 19.8 Å². The van der Waals surface area contributed by atoms with Gasteiger partial charge >= 0.3 is 0 Å². The van der Waals surface area contributed by atoms with Crippen LogP contribution in [0.15, 0.2) is 48.8 Å². The highest BCUT2D eigenvalue weighted by Crippen LogP contribution is 2.23. The van der Waals surface area contributed by atoms with Gasteiger partial charge < -0.3 is 10.2 Å². The molecule has 2 N–H and O–H groups in total. The summed E-state index contributed by atoms with van der Waals surface area (Å²) in [4.78, 5) is 31.5. The van der Waals surface area contributed by atoms with Crippen LogP contribution in [0.3, 0.4) is 0 Å². The van der Waals surface area contributed by atoms with Gasteiger partial charge in [0, 0.05) is 36.7 Å². The number of hydrogen-bond donors (Lipinski definition) is 2. The standard InChI is InChI=1S/C23H25N5O2/c1-15-10-16(2)12-19(11-15)25-22(29)18-4-3-9-28(14-18)23(30)21-13-20(26-27-21)17-5-7-24-8-6-17/h5-8,10-13,18H,3-4,9,14H2,1-2H3,(H,25,29)(H,26,27)/t18-/m1/s1. The quantitative estimate of drug-likeness (QED) is 0.697. The molecule has 2 aromatic heterocycles. The summed E-state index contributed by atoms with van der Waals surface area (Å²) in [5.41, 5.74) is 5.03. The second kappa shape index (κ2) is 8.49. The molecule has 3 aromatic rings. The first-order chi connectivity index (χ1) is 14.5. The molecule has 1 fully saturated rings. The highest BCUT2D eigenvalue weighted by Gasteiger charge is 2.29. The van der Waals surface area contributed by atoms with Crippen molar-refractivity contribution in [2.24, 2.45) is 5.92 Å². The summed E-state index contributed by atoms with van der Waals surface area (Å²) < 4.78 is 0. The lowest BCUT2D eigenvalue weighted by Crippen LogP contribution is -2.43. The summed E-state index contributed by atoms with van der Waals surface area (Å²) in [6.45, 7) is 5.05. The second-order valence-electron chi connectivity index (χ2n) is 7.86. The van der Waals surface area contributed by atoms with Gasteiger partial charge in [-0.1, -0.05) is 6.07 Å². The number of rotatable bonds is 4. The number of pyridine rings is 1. The van der Waals surface area contributed by atoms with Crippen LogP contribution in [0.25, 0.3) is 11.3 Å². The lowest BCUT2D eigenvalue weighted by molar-refractivity contribution is -0.121. The van der Waals surface area contributed by atoms with E-state index in [4.69, 9.17) is 0 Å². The predicted octanol–water partition coefficient (Wildman–Crippen LogP) is 3.58. The Kier molecular flexibility index (Phi) is 5.61. The van der Waals surface area contributed by atoms with Crippen molar-refractivity contribution in [3.63, 3.8) is 0 Å². The largest absolute Gasteiger partial charge is 0.337 e. The zero-order valence-corrected chi connectivity index (χ0v) is 17.2. The first kappa shape index (κ1) is 19.8. The van der Waals surface area contributed by atoms with Crippen molar-refractivity contribution in [2.45, 2.75) is 26.7 Å². The predicted molar refractivity (Wildman–Crippen MR) is 115 cm³/mol. The maximum Gasteiger partial charge on any atom is 0.271 e. The lowest BCUT2D eigenvalue weighted by atomic mass is 9.96. The number of anilines is 1. The van der Waals surface area contributed by atoms with E-state index in [0.29, 0.717) is 24.5 Å². The number of nitrogens with one attached hydrogen (secondary N) is 2. The number of carbonyl (C=O) groups excluding carboxylic acids is 2. The Bertz CT molecular complexity index is 1040. The number of H-pyrrole nitrogens is 1. The molecule has 30 heavy (non-hydrogen) atoms. The number of aromatic nitrogens is 3. The maximum atomic E-state index is 13.0. The molecule has 3 heterocycles. The number of piperidine rings is 1. The van der Waals surface area contributed by atoms with Crippen LogP contribution < -0.4 is 5.32 Å². The summed E-state index contributed by atoms with van der Waals surface area (Å²) >= 11 is 0. The van der Waals surface area contributed by atoms with Gasteiger partial charge in [-0.2, -0.15) is 5.10 Å². The average Bonchev–Trinajstić information content (AvgIpc) is 3.23. The van der Waals surface area contributed by atoms with Gasteiger partial charge in [0.15, 0.2) is 0 Å². The van der Waals surface area contributed by atoms with E-state index in [1.165, 1.54) is 0 Å². The molecule has 0 spiro atoms. The van der Waals surface area contributed by atoms with Crippen LogP contribution in [-0.2, 0) is 4.79 Å². The van der Waals surface area contributed by atoms with Crippen LogP contribution in [0.2, 0.25) is 0 Å². The Morgan fingerprint density at radius 1 is 1.10 bits per heavy atom. The van der Waals surface area contributed by atoms with E-state index >= 15 is 0 Å². The molecular formula is C23H25N5O2. The zero-order valence-electron chi connectivity index (χ0n) is 17.2. The molecule has 0 unspecified atom stereocenters. The SMILES string of the molecule is Cc1cc(C)cc(NC(=O)[C@@H]2CCCN(C(=O)c3cc(-c4ccncc4)n[nH]3)C2)c1. The van der Waals surface area contributed by atoms with Crippen molar-refractivity contribution in [1.29, 1.82) is 0 Å². The smallest absolute Gasteiger partial charge is 0.271 e. The second-order valence-corrected chi connectivity index (χ2v) is 7.86. The van der Waals surface area contributed by atoms with Gasteiger partial charge in [0.25, 0.3) is 5.91 Å². The molecule has 1 aromatic carbocycles. The van der Waals surface area contributed by atoms with Crippen molar-refractivity contribution in [3.8, 4) is 11.3 Å². The van der Waals surface area contributed by atoms with Gasteiger partial charge in [0.1, 0.15) is 5.69 Å². The van der Waals surface area contributed by atoms with Crippen molar-refractivity contribution in [1.82, 2.24) is 20.1 Å². The highest BCUT2D eigenvalue weighted by atomic mass is 16.2. The van der Waals surface area contributed by atoms with Gasteiger partial charge in [-0.15, -0.1) is 0 Å². The minimum absolute atomic E-state index is 0.0421. The highest BCUT2D eigenvalue weighted by molar-refractivity contribution is 5.96. The van der Waals surface area contributed by atoms with E-state index in [-0.39, 0.29) is 17.7 Å². The van der Waals surface area contributed by atoms with Crippen LogP contribution in [0.1, 0.15) is 34.5 Å². The molecule has 1 aliphatic heterocycles. The molecule has 154 valence electrons. The fraction of sp³-hybridized carbons (Fsp3) is 0.304. The number of hydrogen-bond acceptors (Lipinski definition) is 4. The average molecular weight is 403 g/mol. The van der Waals surface area contributed by atoms with E-state index in [2.05, 4.69) is 26.6 Å². The minimum atomic E-state index is -0.230. The molecule has 0 radical (unpaired) electrons. The monoisotopic (exact) mass is 403 g/mol. The number of amides is 2. The third-order valence-corrected chi connectivity index (χ3v) is 5.35. The van der Waals surface area contributed by atoms with E-state index < -0.39 is 0 Å². The molecule has 7 nitrogen and oxygen atoms in total. The molecule has 1 atom stereocenters. The van der Waals surface area contributed by atoms with Gasteiger partial charge in [-0.05, 0) is 68.1 Å². The van der Waals surface area contributed by atoms with Crippen molar-refractivity contribution in [3.05, 3.63) is 65.6 Å². The zero-order chi connectivity index (χ0) is 21.1. The Morgan fingerprint density at radius 3 is 2.57 bits per heavy atom. The van der Waals surface area contributed by atoms with Gasteiger partial charge in [0.2, 0.25) is 5.91 Å². The number of likely N-dealkylation sites (tertiary alicyclic amines) is 1. The first-order valence-electron chi connectivity index (χ1n) is 10.1. The topological polar surface area (TPSA) is 91.0 Å². The van der Waals surface area contributed by atoms with Crippen LogP contribution >= 0.6 is 0 Å². The van der Waals surface area contributed by atoms with Crippen LogP contribution in [0.4, 0.5) is 5.69 Å². The molecule has 0 aliphatic carbocycles. The lowest BCUT2D eigenvalue weighted by Gasteiger charge is -2.31. The third-order valence-electron chi connectivity index (χ3n) is 5.35. The van der Waals surface area contributed by atoms with Crippen molar-refractivity contribution in [2.75, 3.05) is 18.4 Å². The molecule has 0 saturated carbocycles. The maximum absolute atomic E-state index is 13.0. The fourth-order valence-corrected chi connectivity index (χ4v) is 3.94. The summed E-state index contributed by atoms with van der Waals surface area (Å²) in [5.74, 6) is -0.405. The van der Waals surface area contributed by atoms with Crippen LogP contribution in [-0.4, -0.2) is 45.0 Å². The fourth-order valence-electron chi connectivity index (χ4n) is 3.94. The molecule has 7 heteroatoms. The number of nitrogens with zero attached hydrogens (tertiary/aromatic N) is 3. The molecule has 1 saturated heterocycles. The van der Waals surface area contributed by atoms with E-state index in [1.54, 1.807) is 23.4 Å². The summed E-state index contributed by atoms with van der Waals surface area (Å²) in [7, 11) is 0. The van der Waals surface area contributed by atoms with E-state index in [0.717, 1.165) is 35.2 Å². The normalized spacial score (nSPS) is 16.3. The number of aryl methyl sites for hydroxylation is 2. The number of aromatic amines is 1. The Labute approximate surface area is 175 Å². The molecule has 2 amide bonds. The molecule has 0 bridgehead atoms. The summed E-state index contributed by atoms with van der Waals surface area (Å²) in [5, 5.41) is 10.1. The third kappa shape index (κ3) is 4.40. The minimum Gasteiger partial charge on any atom is -0.337 e. The summed E-state index contributed by atoms with van der Waals surface area (Å²) in [6, 6.07) is 11.4. The molecular weight excluding hydrogens is 378 g/mol. The molecule has 4 rings (SSSR count). The number of carbonyl (C=O) groups is 2. The van der Waals surface area contributed by atoms with Crippen molar-refractivity contribution < 1.29 is 9.59 Å². The van der Waals surface area contributed by atoms with E-state index in [9.17, 15) is 9.59 Å².